The minimum Gasteiger partial charge on any atom is -0.465 e. The molecule has 2 aromatic rings. The van der Waals surface area contributed by atoms with E-state index in [-0.39, 0.29) is 11.3 Å². The third-order valence-electron chi connectivity index (χ3n) is 3.93. The van der Waals surface area contributed by atoms with Crippen LogP contribution < -0.4 is 15.9 Å². The molecule has 0 aliphatic heterocycles. The Bertz CT molecular complexity index is 970. The molecule has 1 aliphatic rings. The van der Waals surface area contributed by atoms with E-state index < -0.39 is 0 Å². The van der Waals surface area contributed by atoms with Crippen molar-refractivity contribution >= 4 is 47.1 Å². The van der Waals surface area contributed by atoms with Crippen molar-refractivity contribution in [2.45, 2.75) is 19.4 Å². The van der Waals surface area contributed by atoms with Gasteiger partial charge >= 0.3 is 5.97 Å². The van der Waals surface area contributed by atoms with E-state index in [1.54, 1.807) is 12.1 Å². The van der Waals surface area contributed by atoms with Crippen molar-refractivity contribution in [3.05, 3.63) is 62.4 Å². The van der Waals surface area contributed by atoms with Gasteiger partial charge in [-0.1, -0.05) is 42.0 Å². The summed E-state index contributed by atoms with van der Waals surface area (Å²) < 4.78 is 4.70. The average Bonchev–Trinajstić information content (AvgIpc) is 2.63. The molecule has 26 heavy (non-hydrogen) atoms. The molecule has 0 fully saturated rings. The number of aromatic nitrogens is 2. The maximum atomic E-state index is 11.5. The Kier molecular flexibility index (Phi) is 5.91. The molecule has 0 spiro atoms. The zero-order valence-corrected chi connectivity index (χ0v) is 15.6. The van der Waals surface area contributed by atoms with Gasteiger partial charge in [-0.25, -0.2) is 14.8 Å². The number of hydrogen-bond donors (Lipinski definition) is 1. The van der Waals surface area contributed by atoms with Crippen LogP contribution in [-0.4, -0.2) is 23.0 Å². The number of rotatable bonds is 4. The molecule has 0 saturated heterocycles. The fourth-order valence-electron chi connectivity index (χ4n) is 2.59. The molecular weight excluding hydrogens is 373 g/mol. The summed E-state index contributed by atoms with van der Waals surface area (Å²) in [5.41, 5.74) is 1.50. The maximum Gasteiger partial charge on any atom is 0.337 e. The molecule has 1 aromatic heterocycles. The Hall–Kier alpha value is -2.37. The minimum absolute atomic E-state index is 0.188. The monoisotopic (exact) mass is 389 g/mol. The highest BCUT2D eigenvalue weighted by atomic mass is 35.5. The van der Waals surface area contributed by atoms with Crippen LogP contribution in [0.1, 0.15) is 28.8 Å². The van der Waals surface area contributed by atoms with E-state index in [2.05, 4.69) is 15.3 Å². The molecule has 0 atom stereocenters. The third kappa shape index (κ3) is 4.42. The van der Waals surface area contributed by atoms with Crippen molar-refractivity contribution in [2.24, 2.45) is 0 Å². The van der Waals surface area contributed by atoms with Gasteiger partial charge in [0.1, 0.15) is 5.82 Å². The number of carbonyl (C=O) groups excluding carboxylic acids is 1. The average molecular weight is 390 g/mol. The molecule has 1 heterocycles. The normalized spacial score (nSPS) is 16.6. The molecule has 0 bridgehead atoms. The number of nitrogens with one attached hydrogen (secondary N) is 1. The highest BCUT2D eigenvalue weighted by Gasteiger charge is 2.07. The van der Waals surface area contributed by atoms with E-state index in [0.717, 1.165) is 21.2 Å². The topological polar surface area (TPSA) is 64.1 Å². The molecule has 1 N–H and O–H groups in total. The summed E-state index contributed by atoms with van der Waals surface area (Å²) >= 11 is 12.2. The van der Waals surface area contributed by atoms with Crippen LogP contribution in [0, 0.1) is 0 Å². The number of ether oxygens (including phenoxy) is 1. The highest BCUT2D eigenvalue weighted by Crippen LogP contribution is 2.12. The summed E-state index contributed by atoms with van der Waals surface area (Å²) in [4.78, 5) is 20.1. The van der Waals surface area contributed by atoms with E-state index in [9.17, 15) is 4.79 Å². The van der Waals surface area contributed by atoms with Crippen molar-refractivity contribution in [1.29, 1.82) is 0 Å². The number of allylic oxidation sites excluding steroid dienone is 2. The minimum atomic E-state index is -0.358. The summed E-state index contributed by atoms with van der Waals surface area (Å²) in [6.07, 6.45) is 7.23. The summed E-state index contributed by atoms with van der Waals surface area (Å²) in [6.45, 7) is 0.526. The van der Waals surface area contributed by atoms with Crippen molar-refractivity contribution in [2.75, 3.05) is 12.4 Å². The van der Waals surface area contributed by atoms with Crippen LogP contribution in [0.15, 0.2) is 35.4 Å². The van der Waals surface area contributed by atoms with Gasteiger partial charge in [0.2, 0.25) is 5.28 Å². The zero-order valence-electron chi connectivity index (χ0n) is 14.1. The second-order valence-electron chi connectivity index (χ2n) is 5.68. The molecule has 1 aliphatic carbocycles. The van der Waals surface area contributed by atoms with Crippen LogP contribution in [0.5, 0.6) is 0 Å². The van der Waals surface area contributed by atoms with E-state index in [1.165, 1.54) is 7.11 Å². The Balaban J connectivity index is 1.85. The van der Waals surface area contributed by atoms with Gasteiger partial charge in [-0.3, -0.25) is 0 Å². The van der Waals surface area contributed by atoms with Gasteiger partial charge in [-0.15, -0.1) is 0 Å². The highest BCUT2D eigenvalue weighted by molar-refractivity contribution is 6.30. The summed E-state index contributed by atoms with van der Waals surface area (Å²) in [6, 6.07) is 7.18. The first-order valence-electron chi connectivity index (χ1n) is 8.06. The Labute approximate surface area is 161 Å². The lowest BCUT2D eigenvalue weighted by Crippen LogP contribution is -2.33. The van der Waals surface area contributed by atoms with Crippen LogP contribution in [0.4, 0.5) is 5.82 Å². The van der Waals surface area contributed by atoms with Crippen LogP contribution >= 0.6 is 23.2 Å². The fourth-order valence-corrected chi connectivity index (χ4v) is 2.94. The van der Waals surface area contributed by atoms with Gasteiger partial charge in [0.15, 0.2) is 0 Å². The third-order valence-corrected chi connectivity index (χ3v) is 4.41. The van der Waals surface area contributed by atoms with Gasteiger partial charge in [0, 0.05) is 23.2 Å². The number of fused-ring (bicyclic) bond motifs is 1. The fraction of sp³-hybridized carbons (Fsp3) is 0.211. The van der Waals surface area contributed by atoms with Crippen molar-refractivity contribution < 1.29 is 9.53 Å². The molecule has 134 valence electrons. The van der Waals surface area contributed by atoms with E-state index in [1.807, 2.05) is 30.4 Å². The van der Waals surface area contributed by atoms with Crippen molar-refractivity contribution in [3.63, 3.8) is 0 Å². The van der Waals surface area contributed by atoms with Crippen LogP contribution in [0.3, 0.4) is 0 Å². The molecule has 0 unspecified atom stereocenters. The van der Waals surface area contributed by atoms with Crippen molar-refractivity contribution in [1.82, 2.24) is 9.97 Å². The zero-order chi connectivity index (χ0) is 18.5. The lowest BCUT2D eigenvalue weighted by molar-refractivity contribution is 0.0600. The Morgan fingerprint density at radius 2 is 1.92 bits per heavy atom. The molecule has 5 nitrogen and oxygen atoms in total. The molecule has 0 saturated carbocycles. The van der Waals surface area contributed by atoms with Gasteiger partial charge in [0.05, 0.1) is 18.0 Å². The van der Waals surface area contributed by atoms with Gasteiger partial charge in [-0.05, 0) is 35.7 Å². The second kappa shape index (κ2) is 8.34. The molecule has 0 radical (unpaired) electrons. The predicted octanol–water partition coefficient (Wildman–Crippen LogP) is 3.01. The summed E-state index contributed by atoms with van der Waals surface area (Å²) in [5.74, 6) is 0.295. The number of methoxy groups -OCH3 is 1. The maximum absolute atomic E-state index is 11.5. The lowest BCUT2D eigenvalue weighted by atomic mass is 10.1. The van der Waals surface area contributed by atoms with Gasteiger partial charge in [-0.2, -0.15) is 0 Å². The quantitative estimate of drug-likeness (QED) is 0.643. The van der Waals surface area contributed by atoms with Crippen LogP contribution in [0.2, 0.25) is 5.28 Å². The van der Waals surface area contributed by atoms with E-state index >= 15 is 0 Å². The first-order chi connectivity index (χ1) is 12.6. The molecule has 7 heteroatoms. The number of halogens is 2. The predicted molar refractivity (Wildman–Crippen MR) is 104 cm³/mol. The number of hydrogen-bond acceptors (Lipinski definition) is 5. The first-order valence-corrected chi connectivity index (χ1v) is 8.82. The second-order valence-corrected chi connectivity index (χ2v) is 6.50. The van der Waals surface area contributed by atoms with Crippen LogP contribution in [0.25, 0.3) is 12.2 Å². The largest absolute Gasteiger partial charge is 0.465 e. The first kappa shape index (κ1) is 18.4. The molecule has 0 amide bonds. The van der Waals surface area contributed by atoms with Gasteiger partial charge < -0.3 is 10.1 Å². The Morgan fingerprint density at radius 1 is 1.15 bits per heavy atom. The number of nitrogens with zero attached hydrogens (tertiary/aromatic N) is 2. The Morgan fingerprint density at radius 3 is 2.65 bits per heavy atom. The number of benzene rings is 1. The van der Waals surface area contributed by atoms with Gasteiger partial charge in [0.25, 0.3) is 0 Å². The van der Waals surface area contributed by atoms with Crippen molar-refractivity contribution in [3.8, 4) is 0 Å². The number of esters is 1. The van der Waals surface area contributed by atoms with Crippen LogP contribution in [-0.2, 0) is 11.3 Å². The molecule has 3 rings (SSSR count). The smallest absolute Gasteiger partial charge is 0.337 e. The number of carbonyl (C=O) groups is 1. The molecular formula is C19H17Cl2N3O2. The van der Waals surface area contributed by atoms with E-state index in [0.29, 0.717) is 30.8 Å². The SMILES string of the molecule is COC(=O)c1ccc(CNc2nc(Cl)nc3/c2=C\C/C(Cl)=C\CC=3)cc1. The summed E-state index contributed by atoms with van der Waals surface area (Å²) in [5, 5.41) is 5.93. The summed E-state index contributed by atoms with van der Waals surface area (Å²) in [7, 11) is 1.36. The van der Waals surface area contributed by atoms with E-state index in [4.69, 9.17) is 27.9 Å². The number of anilines is 1. The standard InChI is InChI=1S/C19H17Cl2N3O2/c1-26-18(25)13-7-5-12(6-8-13)11-22-17-15-10-9-14(20)3-2-4-16(15)23-19(21)24-17/h3-8,10H,2,9,11H2,1H3,(H,22,23,24)/b14-3+,15-10+,16-4?. The molecule has 1 aromatic carbocycles. The lowest BCUT2D eigenvalue weighted by Gasteiger charge is -2.09.